The van der Waals surface area contributed by atoms with Gasteiger partial charge >= 0.3 is 0 Å². The van der Waals surface area contributed by atoms with Crippen molar-refractivity contribution < 1.29 is 4.21 Å². The SMILES string of the molecule is Cc1nccnc1S(=O)CC1CCCN1. The van der Waals surface area contributed by atoms with Gasteiger partial charge in [0.15, 0.2) is 0 Å². The Morgan fingerprint density at radius 2 is 2.33 bits per heavy atom. The maximum atomic E-state index is 12.0. The summed E-state index contributed by atoms with van der Waals surface area (Å²) in [6.07, 6.45) is 5.53. The van der Waals surface area contributed by atoms with Gasteiger partial charge in [0.2, 0.25) is 0 Å². The molecule has 5 heteroatoms. The highest BCUT2D eigenvalue weighted by Crippen LogP contribution is 2.12. The van der Waals surface area contributed by atoms with Gasteiger partial charge < -0.3 is 5.32 Å². The molecule has 0 radical (unpaired) electrons. The predicted molar refractivity (Wildman–Crippen MR) is 59.1 cm³/mol. The van der Waals surface area contributed by atoms with E-state index in [1.807, 2.05) is 6.92 Å². The van der Waals surface area contributed by atoms with Crippen molar-refractivity contribution >= 4 is 10.8 Å². The Kier molecular flexibility index (Phi) is 3.43. The first-order valence-corrected chi connectivity index (χ1v) is 6.48. The van der Waals surface area contributed by atoms with Crippen LogP contribution in [0.2, 0.25) is 0 Å². The fourth-order valence-electron chi connectivity index (χ4n) is 1.78. The third-order valence-electron chi connectivity index (χ3n) is 2.57. The minimum atomic E-state index is -1.02. The van der Waals surface area contributed by atoms with Gasteiger partial charge in [0.1, 0.15) is 5.03 Å². The first-order valence-electron chi connectivity index (χ1n) is 5.17. The molecule has 1 aromatic heterocycles. The summed E-state index contributed by atoms with van der Waals surface area (Å²) in [6, 6.07) is 0.382. The van der Waals surface area contributed by atoms with E-state index in [0.717, 1.165) is 18.7 Å². The molecule has 1 saturated heterocycles. The smallest absolute Gasteiger partial charge is 0.148 e. The maximum absolute atomic E-state index is 12.0. The monoisotopic (exact) mass is 225 g/mol. The van der Waals surface area contributed by atoms with Crippen molar-refractivity contribution in [1.29, 1.82) is 0 Å². The maximum Gasteiger partial charge on any atom is 0.148 e. The van der Waals surface area contributed by atoms with Crippen molar-refractivity contribution in [3.8, 4) is 0 Å². The summed E-state index contributed by atoms with van der Waals surface area (Å²) in [4.78, 5) is 8.23. The van der Waals surface area contributed by atoms with Gasteiger partial charge in [-0.2, -0.15) is 0 Å². The molecule has 0 aromatic carbocycles. The Hall–Kier alpha value is -0.810. The number of nitrogens with one attached hydrogen (secondary N) is 1. The minimum absolute atomic E-state index is 0.382. The molecule has 0 bridgehead atoms. The molecule has 0 amide bonds. The molecule has 1 aliphatic rings. The van der Waals surface area contributed by atoms with Crippen LogP contribution in [0.4, 0.5) is 0 Å². The second-order valence-corrected chi connectivity index (χ2v) is 5.16. The highest BCUT2D eigenvalue weighted by atomic mass is 32.2. The van der Waals surface area contributed by atoms with E-state index in [1.54, 1.807) is 12.4 Å². The second-order valence-electron chi connectivity index (χ2n) is 3.75. The molecule has 15 heavy (non-hydrogen) atoms. The Morgan fingerprint density at radius 3 is 3.00 bits per heavy atom. The van der Waals surface area contributed by atoms with E-state index in [-0.39, 0.29) is 0 Å². The molecule has 4 nitrogen and oxygen atoms in total. The molecule has 0 aliphatic carbocycles. The van der Waals surface area contributed by atoms with Crippen LogP contribution in [0.3, 0.4) is 0 Å². The molecule has 2 heterocycles. The molecule has 0 saturated carbocycles. The first-order chi connectivity index (χ1) is 7.27. The van der Waals surface area contributed by atoms with E-state index in [9.17, 15) is 4.21 Å². The lowest BCUT2D eigenvalue weighted by Gasteiger charge is -2.09. The Balaban J connectivity index is 2.04. The van der Waals surface area contributed by atoms with E-state index < -0.39 is 10.8 Å². The number of aryl methyl sites for hydroxylation is 1. The standard InChI is InChI=1S/C10H15N3OS/c1-8-10(13-6-5-11-8)15(14)7-9-3-2-4-12-9/h5-6,9,12H,2-4,7H2,1H3. The number of aromatic nitrogens is 2. The minimum Gasteiger partial charge on any atom is -0.313 e. The number of rotatable bonds is 3. The van der Waals surface area contributed by atoms with Crippen LogP contribution in [0.15, 0.2) is 17.4 Å². The Morgan fingerprint density at radius 1 is 1.53 bits per heavy atom. The summed E-state index contributed by atoms with van der Waals surface area (Å²) in [5.74, 6) is 0.652. The van der Waals surface area contributed by atoms with Crippen LogP contribution in [-0.4, -0.2) is 32.5 Å². The lowest BCUT2D eigenvalue weighted by Crippen LogP contribution is -2.28. The van der Waals surface area contributed by atoms with Crippen LogP contribution in [0.5, 0.6) is 0 Å². The van der Waals surface area contributed by atoms with Crippen LogP contribution >= 0.6 is 0 Å². The van der Waals surface area contributed by atoms with E-state index >= 15 is 0 Å². The van der Waals surface area contributed by atoms with Gasteiger partial charge in [-0.15, -0.1) is 0 Å². The molecule has 1 fully saturated rings. The fourth-order valence-corrected chi connectivity index (χ4v) is 3.15. The van der Waals surface area contributed by atoms with Crippen molar-refractivity contribution in [2.45, 2.75) is 30.8 Å². The summed E-state index contributed by atoms with van der Waals surface area (Å²) < 4.78 is 12.0. The van der Waals surface area contributed by atoms with Crippen molar-refractivity contribution in [3.63, 3.8) is 0 Å². The Bertz CT molecular complexity index is 363. The zero-order valence-corrected chi connectivity index (χ0v) is 9.59. The molecule has 82 valence electrons. The summed E-state index contributed by atoms with van der Waals surface area (Å²) in [6.45, 7) is 2.89. The van der Waals surface area contributed by atoms with Crippen LogP contribution in [-0.2, 0) is 10.8 Å². The van der Waals surface area contributed by atoms with E-state index in [0.29, 0.717) is 16.8 Å². The normalized spacial score (nSPS) is 22.9. The number of nitrogens with zero attached hydrogens (tertiary/aromatic N) is 2. The zero-order valence-electron chi connectivity index (χ0n) is 8.77. The van der Waals surface area contributed by atoms with Gasteiger partial charge in [-0.3, -0.25) is 9.19 Å². The highest BCUT2D eigenvalue weighted by molar-refractivity contribution is 7.85. The van der Waals surface area contributed by atoms with E-state index in [4.69, 9.17) is 0 Å². The van der Waals surface area contributed by atoms with E-state index in [1.165, 1.54) is 6.42 Å². The molecule has 2 unspecified atom stereocenters. The van der Waals surface area contributed by atoms with Crippen LogP contribution in [0.25, 0.3) is 0 Å². The van der Waals surface area contributed by atoms with Gasteiger partial charge in [-0.05, 0) is 26.3 Å². The van der Waals surface area contributed by atoms with Crippen molar-refractivity contribution in [2.75, 3.05) is 12.3 Å². The van der Waals surface area contributed by atoms with Gasteiger partial charge in [-0.25, -0.2) is 4.98 Å². The first kappa shape index (κ1) is 10.7. The third kappa shape index (κ3) is 2.60. The van der Waals surface area contributed by atoms with Gasteiger partial charge in [0.25, 0.3) is 0 Å². The van der Waals surface area contributed by atoms with Crippen molar-refractivity contribution in [1.82, 2.24) is 15.3 Å². The summed E-state index contributed by atoms with van der Waals surface area (Å²) in [5.41, 5.74) is 0.772. The molecule has 0 spiro atoms. The molecule has 2 atom stereocenters. The fraction of sp³-hybridized carbons (Fsp3) is 0.600. The summed E-state index contributed by atoms with van der Waals surface area (Å²) in [7, 11) is -1.02. The summed E-state index contributed by atoms with van der Waals surface area (Å²) in [5, 5.41) is 3.97. The lowest BCUT2D eigenvalue weighted by atomic mass is 10.3. The molecular formula is C10H15N3OS. The van der Waals surface area contributed by atoms with Gasteiger partial charge in [-0.1, -0.05) is 0 Å². The predicted octanol–water partition coefficient (Wildman–Crippen LogP) is 0.645. The molecule has 1 N–H and O–H groups in total. The van der Waals surface area contributed by atoms with Crippen LogP contribution in [0.1, 0.15) is 18.5 Å². The molecular weight excluding hydrogens is 210 g/mol. The topological polar surface area (TPSA) is 54.9 Å². The molecule has 2 rings (SSSR count). The van der Waals surface area contributed by atoms with Crippen LogP contribution < -0.4 is 5.32 Å². The molecule has 1 aliphatic heterocycles. The Labute approximate surface area is 92.0 Å². The van der Waals surface area contributed by atoms with Gasteiger partial charge in [0, 0.05) is 24.2 Å². The number of hydrogen-bond acceptors (Lipinski definition) is 4. The van der Waals surface area contributed by atoms with Crippen molar-refractivity contribution in [2.24, 2.45) is 0 Å². The second kappa shape index (κ2) is 4.81. The zero-order chi connectivity index (χ0) is 10.7. The van der Waals surface area contributed by atoms with Crippen molar-refractivity contribution in [3.05, 3.63) is 18.1 Å². The lowest BCUT2D eigenvalue weighted by molar-refractivity contribution is 0.640. The third-order valence-corrected chi connectivity index (χ3v) is 4.10. The summed E-state index contributed by atoms with van der Waals surface area (Å²) >= 11 is 0. The van der Waals surface area contributed by atoms with Gasteiger partial charge in [0.05, 0.1) is 16.5 Å². The number of hydrogen-bond donors (Lipinski definition) is 1. The average Bonchev–Trinajstić information content (AvgIpc) is 2.71. The quantitative estimate of drug-likeness (QED) is 0.820. The largest absolute Gasteiger partial charge is 0.313 e. The van der Waals surface area contributed by atoms with Crippen LogP contribution in [0, 0.1) is 6.92 Å². The average molecular weight is 225 g/mol. The molecule has 1 aromatic rings. The highest BCUT2D eigenvalue weighted by Gasteiger charge is 2.19. The van der Waals surface area contributed by atoms with E-state index in [2.05, 4.69) is 15.3 Å².